The molecule has 0 bridgehead atoms. The van der Waals surface area contributed by atoms with Gasteiger partial charge >= 0.3 is 11.7 Å². The summed E-state index contributed by atoms with van der Waals surface area (Å²) in [5.41, 5.74) is 4.06. The minimum atomic E-state index is -1.32. The van der Waals surface area contributed by atoms with E-state index in [1.54, 1.807) is 37.3 Å². The van der Waals surface area contributed by atoms with Gasteiger partial charge in [0.25, 0.3) is 11.5 Å². The number of nitrogen functional groups attached to an aromatic ring is 1. The highest BCUT2D eigenvalue weighted by Crippen LogP contribution is 2.32. The van der Waals surface area contributed by atoms with Crippen molar-refractivity contribution in [1.82, 2.24) is 19.8 Å². The molecule has 11 nitrogen and oxygen atoms in total. The lowest BCUT2D eigenvalue weighted by molar-refractivity contribution is -0.134. The van der Waals surface area contributed by atoms with Crippen LogP contribution in [-0.2, 0) is 21.7 Å². The van der Waals surface area contributed by atoms with Crippen LogP contribution in [0.15, 0.2) is 39.9 Å². The number of benzene rings is 1. The topological polar surface area (TPSA) is 151 Å². The van der Waals surface area contributed by atoms with E-state index in [4.69, 9.17) is 5.73 Å². The van der Waals surface area contributed by atoms with Gasteiger partial charge in [-0.15, -0.1) is 0 Å². The zero-order valence-corrected chi connectivity index (χ0v) is 20.6. The van der Waals surface area contributed by atoms with Gasteiger partial charge in [0.2, 0.25) is 5.91 Å². The van der Waals surface area contributed by atoms with Crippen molar-refractivity contribution in [2.75, 3.05) is 17.2 Å². The van der Waals surface area contributed by atoms with Crippen LogP contribution < -0.4 is 27.2 Å². The first kappa shape index (κ1) is 25.2. The molecule has 1 saturated carbocycles. The van der Waals surface area contributed by atoms with Crippen LogP contribution in [0.25, 0.3) is 0 Å². The molecule has 1 aliphatic heterocycles. The van der Waals surface area contributed by atoms with Crippen LogP contribution in [0.3, 0.4) is 0 Å². The zero-order chi connectivity index (χ0) is 26.0. The summed E-state index contributed by atoms with van der Waals surface area (Å²) in [6.07, 6.45) is 4.46. The fourth-order valence-corrected chi connectivity index (χ4v) is 5.04. The smallest absolute Gasteiger partial charge is 0.330 e. The maximum Gasteiger partial charge on any atom is 0.330 e. The molecule has 1 aromatic heterocycles. The van der Waals surface area contributed by atoms with Crippen LogP contribution in [0.5, 0.6) is 0 Å². The van der Waals surface area contributed by atoms with E-state index in [1.807, 2.05) is 6.92 Å². The summed E-state index contributed by atoms with van der Waals surface area (Å²) >= 11 is 0. The number of carbonyl (C=O) groups excluding carboxylic acids is 3. The van der Waals surface area contributed by atoms with Gasteiger partial charge in [0, 0.05) is 12.6 Å². The summed E-state index contributed by atoms with van der Waals surface area (Å²) in [5.74, 6) is -1.27. The lowest BCUT2D eigenvalue weighted by Crippen LogP contribution is -2.50. The molecule has 1 aromatic carbocycles. The van der Waals surface area contributed by atoms with E-state index in [0.717, 1.165) is 24.2 Å². The van der Waals surface area contributed by atoms with E-state index in [0.29, 0.717) is 31.4 Å². The summed E-state index contributed by atoms with van der Waals surface area (Å²) in [6.45, 7) is 3.29. The molecule has 2 aromatic rings. The van der Waals surface area contributed by atoms with E-state index in [-0.39, 0.29) is 17.5 Å². The van der Waals surface area contributed by atoms with E-state index in [1.165, 1.54) is 9.47 Å². The maximum absolute atomic E-state index is 13.7. The Morgan fingerprint density at radius 2 is 1.81 bits per heavy atom. The van der Waals surface area contributed by atoms with E-state index < -0.39 is 41.2 Å². The minimum absolute atomic E-state index is 0.0937. The summed E-state index contributed by atoms with van der Waals surface area (Å²) in [6, 6.07) is 7.76. The summed E-state index contributed by atoms with van der Waals surface area (Å²) in [4.78, 5) is 69.7. The van der Waals surface area contributed by atoms with Gasteiger partial charge < -0.3 is 11.1 Å². The third-order valence-electron chi connectivity index (χ3n) is 7.07. The molecule has 192 valence electrons. The fraction of sp³-hybridized carbons (Fsp3) is 0.480. The number of carbonyl (C=O) groups is 3. The number of nitrogens with two attached hydrogens (primary N) is 1. The molecule has 11 heteroatoms. The Morgan fingerprint density at radius 3 is 2.44 bits per heavy atom. The molecule has 4 rings (SSSR count). The van der Waals surface area contributed by atoms with Crippen molar-refractivity contribution in [2.45, 2.75) is 70.5 Å². The predicted molar refractivity (Wildman–Crippen MR) is 134 cm³/mol. The van der Waals surface area contributed by atoms with Gasteiger partial charge in [0.15, 0.2) is 5.69 Å². The van der Waals surface area contributed by atoms with E-state index in [2.05, 4.69) is 10.3 Å². The largest absolute Gasteiger partial charge is 0.383 e. The highest BCUT2D eigenvalue weighted by atomic mass is 16.2. The molecule has 2 aliphatic rings. The first-order valence-electron chi connectivity index (χ1n) is 12.3. The Bertz CT molecular complexity index is 1280. The van der Waals surface area contributed by atoms with Crippen molar-refractivity contribution in [3.63, 3.8) is 0 Å². The van der Waals surface area contributed by atoms with Crippen molar-refractivity contribution in [1.29, 1.82) is 0 Å². The van der Waals surface area contributed by atoms with Gasteiger partial charge in [-0.1, -0.05) is 56.5 Å². The molecule has 0 radical (unpaired) electrons. The molecular weight excluding hydrogens is 464 g/mol. The number of imide groups is 1. The Hall–Kier alpha value is -3.89. The number of hydrogen-bond acceptors (Lipinski definition) is 6. The fourth-order valence-electron chi connectivity index (χ4n) is 5.04. The molecule has 1 unspecified atom stereocenters. The third-order valence-corrected chi connectivity index (χ3v) is 7.07. The number of nitrogens with one attached hydrogen (secondary N) is 2. The average molecular weight is 497 g/mol. The molecule has 2 fully saturated rings. The Balaban J connectivity index is 1.69. The second-order valence-corrected chi connectivity index (χ2v) is 9.51. The average Bonchev–Trinajstić information content (AvgIpc) is 3.45. The predicted octanol–water partition coefficient (Wildman–Crippen LogP) is 1.66. The van der Waals surface area contributed by atoms with Gasteiger partial charge in [-0.05, 0) is 31.7 Å². The Morgan fingerprint density at radius 1 is 1.14 bits per heavy atom. The molecule has 1 atom stereocenters. The number of aromatic nitrogens is 2. The normalized spacial score (nSPS) is 20.1. The van der Waals surface area contributed by atoms with Crippen LogP contribution in [0.4, 0.5) is 16.3 Å². The van der Waals surface area contributed by atoms with Crippen LogP contribution in [0.2, 0.25) is 0 Å². The highest BCUT2D eigenvalue weighted by Gasteiger charge is 2.50. The lowest BCUT2D eigenvalue weighted by atomic mass is 9.92. The monoisotopic (exact) mass is 496 g/mol. The van der Waals surface area contributed by atoms with Crippen molar-refractivity contribution in [3.05, 3.63) is 56.7 Å². The third kappa shape index (κ3) is 4.40. The number of unbranched alkanes of at least 4 members (excludes halogenated alkanes) is 1. The van der Waals surface area contributed by atoms with Crippen LogP contribution >= 0.6 is 0 Å². The Kier molecular flexibility index (Phi) is 7.00. The zero-order valence-electron chi connectivity index (χ0n) is 20.6. The van der Waals surface area contributed by atoms with E-state index >= 15 is 0 Å². The molecule has 4 N–H and O–H groups in total. The van der Waals surface area contributed by atoms with Crippen LogP contribution in [0.1, 0.15) is 57.9 Å². The number of urea groups is 1. The second-order valence-electron chi connectivity index (χ2n) is 9.51. The quantitative estimate of drug-likeness (QED) is 0.473. The summed E-state index contributed by atoms with van der Waals surface area (Å²) in [5, 5.41) is 2.69. The number of nitrogens with zero attached hydrogens (tertiary/aromatic N) is 3. The highest BCUT2D eigenvalue weighted by molar-refractivity contribution is 6.10. The second kappa shape index (κ2) is 10.00. The van der Waals surface area contributed by atoms with Gasteiger partial charge in [-0.2, -0.15) is 0 Å². The van der Waals surface area contributed by atoms with Crippen LogP contribution in [-0.4, -0.2) is 44.9 Å². The number of hydrogen-bond donors (Lipinski definition) is 3. The van der Waals surface area contributed by atoms with Gasteiger partial charge in [0.05, 0.1) is 0 Å². The first-order valence-corrected chi connectivity index (χ1v) is 12.3. The number of anilines is 2. The maximum atomic E-state index is 13.7. The molecular formula is C25H32N6O5. The molecule has 0 spiro atoms. The van der Waals surface area contributed by atoms with E-state index in [9.17, 15) is 24.0 Å². The Labute approximate surface area is 208 Å². The van der Waals surface area contributed by atoms with Crippen LogP contribution in [0, 0.1) is 0 Å². The van der Waals surface area contributed by atoms with Gasteiger partial charge in [0.1, 0.15) is 17.9 Å². The minimum Gasteiger partial charge on any atom is -0.383 e. The number of rotatable bonds is 8. The summed E-state index contributed by atoms with van der Waals surface area (Å²) in [7, 11) is 0. The first-order chi connectivity index (χ1) is 17.2. The number of aromatic amines is 1. The SMILES string of the molecule is CCCCn1c(N)c(N(C(=O)CN2C(=O)NC(C)(c3ccccc3)C2=O)C2CCCC2)c(=O)[nH]c1=O. The summed E-state index contributed by atoms with van der Waals surface area (Å²) < 4.78 is 1.26. The standard InChI is InChI=1S/C25H32N6O5/c1-3-4-14-29-20(26)19(21(33)27-23(29)35)31(17-12-8-9-13-17)18(32)15-30-22(34)25(2,28-24(30)36)16-10-6-5-7-11-16/h5-7,10-11,17H,3-4,8-9,12-15,26H2,1-2H3,(H,28,36)(H,27,33,35). The molecule has 1 aliphatic carbocycles. The van der Waals surface area contributed by atoms with Crippen molar-refractivity contribution < 1.29 is 14.4 Å². The molecule has 1 saturated heterocycles. The molecule has 4 amide bonds. The number of amides is 4. The van der Waals surface area contributed by atoms with Crippen molar-refractivity contribution in [2.24, 2.45) is 0 Å². The van der Waals surface area contributed by atoms with Gasteiger partial charge in [-0.25, -0.2) is 9.59 Å². The lowest BCUT2D eigenvalue weighted by Gasteiger charge is -2.31. The van der Waals surface area contributed by atoms with Crippen molar-refractivity contribution in [3.8, 4) is 0 Å². The molecule has 36 heavy (non-hydrogen) atoms. The molecule has 2 heterocycles. The van der Waals surface area contributed by atoms with Gasteiger partial charge in [-0.3, -0.25) is 33.7 Å². The number of H-pyrrole nitrogens is 1. The van der Waals surface area contributed by atoms with Crippen molar-refractivity contribution >= 4 is 29.4 Å².